The standard InChI is InChI=1S/C32H38F2N8O2/c1-5-31(43)39-25-17-26(38-30-18-24(35-20-36-30)21-8-9-27-22(16-21)19-37-40(27)4)29(44-32(33)34)11-10-28(25)42-14-12-23(13-15-42)41(6-2)7-3/h5,8-11,16-20,23,29,32H,1,6-7,12-15H2,2-4H3,(H,39,43)(H,35,36,38). The van der Waals surface area contributed by atoms with Crippen LogP contribution in [0.4, 0.5) is 14.6 Å². The third kappa shape index (κ3) is 7.03. The van der Waals surface area contributed by atoms with Gasteiger partial charge in [0.05, 0.1) is 34.5 Å². The summed E-state index contributed by atoms with van der Waals surface area (Å²) >= 11 is 0. The quantitative estimate of drug-likeness (QED) is 0.301. The zero-order valence-corrected chi connectivity index (χ0v) is 25.2. The van der Waals surface area contributed by atoms with Crippen LogP contribution in [0, 0.1) is 0 Å². The molecule has 1 unspecified atom stereocenters. The lowest BCUT2D eigenvalue weighted by Crippen LogP contribution is -2.44. The van der Waals surface area contributed by atoms with E-state index in [1.165, 1.54) is 12.4 Å². The minimum atomic E-state index is -3.03. The average Bonchev–Trinajstić information content (AvgIpc) is 3.32. The minimum absolute atomic E-state index is 0.279. The Hall–Kier alpha value is -4.42. The van der Waals surface area contributed by atoms with Crippen LogP contribution in [-0.2, 0) is 16.6 Å². The topological polar surface area (TPSA) is 100 Å². The van der Waals surface area contributed by atoms with Gasteiger partial charge in [-0.05, 0) is 62.4 Å². The van der Waals surface area contributed by atoms with E-state index in [4.69, 9.17) is 4.74 Å². The molecule has 2 aliphatic rings. The predicted octanol–water partition coefficient (Wildman–Crippen LogP) is 4.82. The molecule has 1 aliphatic heterocycles. The maximum absolute atomic E-state index is 13.6. The Balaban J connectivity index is 1.47. The summed E-state index contributed by atoms with van der Waals surface area (Å²) in [4.78, 5) is 25.9. The molecule has 44 heavy (non-hydrogen) atoms. The molecule has 12 heteroatoms. The molecule has 2 N–H and O–H groups in total. The number of halogens is 2. The summed E-state index contributed by atoms with van der Waals surface area (Å²) in [6.07, 6.45) is 10.1. The van der Waals surface area contributed by atoms with Gasteiger partial charge in [0.2, 0.25) is 5.91 Å². The molecule has 1 saturated heterocycles. The summed E-state index contributed by atoms with van der Waals surface area (Å²) in [6, 6.07) is 8.08. The Bertz CT molecular complexity index is 1590. The van der Waals surface area contributed by atoms with Crippen molar-refractivity contribution in [3.63, 3.8) is 0 Å². The number of ether oxygens (including phenoxy) is 1. The van der Waals surface area contributed by atoms with Gasteiger partial charge in [-0.3, -0.25) is 9.48 Å². The number of rotatable bonds is 11. The van der Waals surface area contributed by atoms with E-state index in [2.05, 4.69) is 55.9 Å². The van der Waals surface area contributed by atoms with Crippen molar-refractivity contribution in [2.24, 2.45) is 7.05 Å². The lowest BCUT2D eigenvalue weighted by molar-refractivity contribution is -0.140. The van der Waals surface area contributed by atoms with Gasteiger partial charge >= 0.3 is 6.61 Å². The Labute approximate surface area is 255 Å². The van der Waals surface area contributed by atoms with Gasteiger partial charge in [-0.1, -0.05) is 26.5 Å². The maximum atomic E-state index is 13.6. The van der Waals surface area contributed by atoms with Gasteiger partial charge in [-0.25, -0.2) is 9.97 Å². The SMILES string of the molecule is C=CC(=O)NC1=C(N2CCC(N(CC)CC)CC2)C=CC(OC(F)F)C(Nc2cc(-c3ccc4c(cnn4C)c3)ncn2)=C1. The molecular formula is C32H38F2N8O2. The second-order valence-corrected chi connectivity index (χ2v) is 10.7. The van der Waals surface area contributed by atoms with Crippen molar-refractivity contribution in [1.29, 1.82) is 0 Å². The molecule has 10 nitrogen and oxygen atoms in total. The molecule has 1 fully saturated rings. The first-order valence-corrected chi connectivity index (χ1v) is 14.8. The zero-order valence-electron chi connectivity index (χ0n) is 25.2. The van der Waals surface area contributed by atoms with Crippen molar-refractivity contribution in [3.8, 4) is 11.3 Å². The van der Waals surface area contributed by atoms with Crippen LogP contribution in [0.1, 0.15) is 26.7 Å². The number of carbonyl (C=O) groups excluding carboxylic acids is 1. The van der Waals surface area contributed by atoms with Crippen LogP contribution >= 0.6 is 0 Å². The largest absolute Gasteiger partial charge is 0.370 e. The molecule has 1 atom stereocenters. The number of likely N-dealkylation sites (tertiary alicyclic amines) is 1. The normalized spacial score (nSPS) is 17.8. The number of amides is 1. The van der Waals surface area contributed by atoms with Crippen LogP contribution in [-0.4, -0.2) is 80.4 Å². The highest BCUT2D eigenvalue weighted by Gasteiger charge is 2.28. The zero-order chi connectivity index (χ0) is 31.2. The van der Waals surface area contributed by atoms with Gasteiger partial charge in [-0.2, -0.15) is 13.9 Å². The first kappa shape index (κ1) is 31.0. The van der Waals surface area contributed by atoms with E-state index in [1.807, 2.05) is 25.2 Å². The summed E-state index contributed by atoms with van der Waals surface area (Å²) in [5.41, 5.74) is 3.91. The summed E-state index contributed by atoms with van der Waals surface area (Å²) in [5, 5.41) is 11.3. The molecule has 232 valence electrons. The van der Waals surface area contributed by atoms with Crippen molar-refractivity contribution in [2.75, 3.05) is 31.5 Å². The molecule has 0 spiro atoms. The molecule has 0 saturated carbocycles. The number of carbonyl (C=O) groups is 1. The van der Waals surface area contributed by atoms with Crippen LogP contribution in [0.15, 0.2) is 84.8 Å². The number of benzene rings is 1. The van der Waals surface area contributed by atoms with E-state index < -0.39 is 18.6 Å². The monoisotopic (exact) mass is 604 g/mol. The summed E-state index contributed by atoms with van der Waals surface area (Å²) < 4.78 is 34.1. The molecule has 3 aromatic rings. The number of nitrogens with zero attached hydrogens (tertiary/aromatic N) is 6. The van der Waals surface area contributed by atoms with Crippen molar-refractivity contribution in [1.82, 2.24) is 34.9 Å². The van der Waals surface area contributed by atoms with Crippen molar-refractivity contribution < 1.29 is 18.3 Å². The summed E-state index contributed by atoms with van der Waals surface area (Å²) in [7, 11) is 1.88. The fraction of sp³-hybridized carbons (Fsp3) is 0.375. The molecule has 1 amide bonds. The van der Waals surface area contributed by atoms with Crippen LogP contribution < -0.4 is 10.6 Å². The van der Waals surface area contributed by atoms with E-state index in [1.54, 1.807) is 35.2 Å². The number of hydrogen-bond acceptors (Lipinski definition) is 8. The molecule has 0 bridgehead atoms. The highest BCUT2D eigenvalue weighted by atomic mass is 19.3. The number of nitrogens with one attached hydrogen (secondary N) is 2. The third-order valence-electron chi connectivity index (χ3n) is 8.12. The van der Waals surface area contributed by atoms with E-state index >= 15 is 0 Å². The minimum Gasteiger partial charge on any atom is -0.370 e. The van der Waals surface area contributed by atoms with Gasteiger partial charge in [0.15, 0.2) is 0 Å². The van der Waals surface area contributed by atoms with Crippen LogP contribution in [0.3, 0.4) is 0 Å². The number of aryl methyl sites for hydroxylation is 1. The van der Waals surface area contributed by atoms with Gasteiger partial charge < -0.3 is 25.2 Å². The third-order valence-corrected chi connectivity index (χ3v) is 8.12. The smallest absolute Gasteiger partial charge is 0.346 e. The number of fused-ring (bicyclic) bond motifs is 1. The van der Waals surface area contributed by atoms with E-state index in [0.29, 0.717) is 28.9 Å². The summed E-state index contributed by atoms with van der Waals surface area (Å²) in [6.45, 7) is 8.35. The molecule has 1 aliphatic carbocycles. The molecule has 0 radical (unpaired) electrons. The van der Waals surface area contributed by atoms with Crippen LogP contribution in [0.2, 0.25) is 0 Å². The van der Waals surface area contributed by atoms with Crippen molar-refractivity contribution in [2.45, 2.75) is 45.4 Å². The highest BCUT2D eigenvalue weighted by Crippen LogP contribution is 2.29. The Kier molecular flexibility index (Phi) is 9.81. The number of aromatic nitrogens is 4. The number of anilines is 1. The van der Waals surface area contributed by atoms with E-state index in [0.717, 1.165) is 55.5 Å². The lowest BCUT2D eigenvalue weighted by Gasteiger charge is -2.39. The number of allylic oxidation sites excluding steroid dienone is 2. The molecule has 1 aromatic carbocycles. The van der Waals surface area contributed by atoms with Crippen molar-refractivity contribution >= 4 is 22.6 Å². The van der Waals surface area contributed by atoms with Gasteiger partial charge in [0.25, 0.3) is 0 Å². The van der Waals surface area contributed by atoms with Gasteiger partial charge in [0, 0.05) is 43.2 Å². The molecular weight excluding hydrogens is 566 g/mol. The molecule has 2 aromatic heterocycles. The highest BCUT2D eigenvalue weighted by molar-refractivity contribution is 5.89. The first-order chi connectivity index (χ1) is 21.3. The van der Waals surface area contributed by atoms with Crippen LogP contribution in [0.5, 0.6) is 0 Å². The Morgan fingerprint density at radius 1 is 1.20 bits per heavy atom. The maximum Gasteiger partial charge on any atom is 0.346 e. The number of alkyl halides is 2. The van der Waals surface area contributed by atoms with Crippen molar-refractivity contribution in [3.05, 3.63) is 84.8 Å². The van der Waals surface area contributed by atoms with Gasteiger partial charge in [-0.15, -0.1) is 0 Å². The molecule has 5 rings (SSSR count). The lowest BCUT2D eigenvalue weighted by atomic mass is 10.0. The number of piperidine rings is 1. The van der Waals surface area contributed by atoms with E-state index in [9.17, 15) is 13.6 Å². The average molecular weight is 605 g/mol. The van der Waals surface area contributed by atoms with E-state index in [-0.39, 0.29) is 5.70 Å². The Morgan fingerprint density at radius 2 is 1.98 bits per heavy atom. The second kappa shape index (κ2) is 13.9. The Morgan fingerprint density at radius 3 is 2.68 bits per heavy atom. The van der Waals surface area contributed by atoms with Crippen LogP contribution in [0.25, 0.3) is 22.2 Å². The summed E-state index contributed by atoms with van der Waals surface area (Å²) in [5.74, 6) is -0.0374. The first-order valence-electron chi connectivity index (χ1n) is 14.8. The fourth-order valence-electron chi connectivity index (χ4n) is 5.85. The number of hydrogen-bond donors (Lipinski definition) is 2. The second-order valence-electron chi connectivity index (χ2n) is 10.7. The predicted molar refractivity (Wildman–Crippen MR) is 166 cm³/mol. The van der Waals surface area contributed by atoms with Gasteiger partial charge in [0.1, 0.15) is 18.2 Å². The molecule has 3 heterocycles. The fourth-order valence-corrected chi connectivity index (χ4v) is 5.85.